The first kappa shape index (κ1) is 39.2. The molecule has 0 N–H and O–H groups in total. The number of rotatable bonds is 4. The third-order valence-electron chi connectivity index (χ3n) is 14.2. The molecule has 13 rings (SSSR count). The Morgan fingerprint density at radius 2 is 0.591 bits per heavy atom. The zero-order valence-corrected chi connectivity index (χ0v) is 39.0. The summed E-state index contributed by atoms with van der Waals surface area (Å²) in [6, 6.07) is 78.3. The van der Waals surface area contributed by atoms with Gasteiger partial charge < -0.3 is 9.80 Å². The van der Waals surface area contributed by atoms with Crippen LogP contribution >= 0.6 is 22.7 Å². The van der Waals surface area contributed by atoms with Crippen molar-refractivity contribution >= 4 is 56.8 Å². The van der Waals surface area contributed by atoms with Gasteiger partial charge >= 0.3 is 0 Å². The number of hydrogen-bond donors (Lipinski definition) is 0. The van der Waals surface area contributed by atoms with E-state index >= 15 is 0 Å². The number of hydrogen-bond acceptors (Lipinski definition) is 4. The van der Waals surface area contributed by atoms with Crippen LogP contribution in [0.25, 0.3) is 20.9 Å². The fourth-order valence-electron chi connectivity index (χ4n) is 11.9. The van der Waals surface area contributed by atoms with Crippen LogP contribution in [-0.4, -0.2) is 0 Å². The molecule has 8 aromatic carbocycles. The molecular formula is C62H46N2S2. The second-order valence-electron chi connectivity index (χ2n) is 18.4. The fourth-order valence-corrected chi connectivity index (χ4v) is 14.8. The van der Waals surface area contributed by atoms with Crippen LogP contribution in [0.15, 0.2) is 206 Å². The number of para-hydroxylation sites is 6. The van der Waals surface area contributed by atoms with Crippen molar-refractivity contribution in [2.24, 2.45) is 0 Å². The van der Waals surface area contributed by atoms with E-state index in [1.165, 1.54) is 109 Å². The van der Waals surface area contributed by atoms with Crippen molar-refractivity contribution in [3.63, 3.8) is 0 Å². The maximum atomic E-state index is 2.61. The quantitative estimate of drug-likeness (QED) is 0.174. The van der Waals surface area contributed by atoms with Crippen LogP contribution in [0.1, 0.15) is 65.4 Å². The molecule has 2 aliphatic heterocycles. The molecule has 0 saturated carbocycles. The predicted octanol–water partition coefficient (Wildman–Crippen LogP) is 17.0. The van der Waals surface area contributed by atoms with Crippen LogP contribution in [0.3, 0.4) is 0 Å². The molecule has 0 radical (unpaired) electrons. The summed E-state index contributed by atoms with van der Waals surface area (Å²) in [6.45, 7) is 8.93. The van der Waals surface area contributed by atoms with Gasteiger partial charge in [0.05, 0.1) is 33.6 Å². The average molecular weight is 883 g/mol. The van der Waals surface area contributed by atoms with Crippen molar-refractivity contribution in [2.75, 3.05) is 9.80 Å². The van der Waals surface area contributed by atoms with Gasteiger partial charge in [-0.2, -0.15) is 0 Å². The molecule has 4 heteroatoms. The van der Waals surface area contributed by atoms with E-state index in [1.54, 1.807) is 0 Å². The molecule has 1 aliphatic carbocycles. The van der Waals surface area contributed by atoms with Gasteiger partial charge in [0.25, 0.3) is 0 Å². The van der Waals surface area contributed by atoms with E-state index in [0.29, 0.717) is 0 Å². The van der Waals surface area contributed by atoms with Gasteiger partial charge in [0.2, 0.25) is 0 Å². The number of aryl methyl sites for hydroxylation is 4. The lowest BCUT2D eigenvalue weighted by Crippen LogP contribution is -2.47. The van der Waals surface area contributed by atoms with E-state index in [1.807, 2.05) is 22.7 Å². The minimum atomic E-state index is -0.662. The highest BCUT2D eigenvalue weighted by molar-refractivity contribution is 7.17. The van der Waals surface area contributed by atoms with Gasteiger partial charge in [0.15, 0.2) is 0 Å². The van der Waals surface area contributed by atoms with E-state index in [2.05, 4.69) is 244 Å². The van der Waals surface area contributed by atoms with E-state index in [9.17, 15) is 0 Å². The minimum Gasteiger partial charge on any atom is -0.310 e. The second-order valence-corrected chi connectivity index (χ2v) is 20.5. The van der Waals surface area contributed by atoms with Crippen molar-refractivity contribution in [1.29, 1.82) is 0 Å². The molecule has 4 heterocycles. The predicted molar refractivity (Wildman–Crippen MR) is 279 cm³/mol. The highest BCUT2D eigenvalue weighted by Gasteiger charge is 2.61. The van der Waals surface area contributed by atoms with Crippen molar-refractivity contribution in [1.82, 2.24) is 0 Å². The Kier molecular flexibility index (Phi) is 8.68. The summed E-state index contributed by atoms with van der Waals surface area (Å²) in [5, 5.41) is 0. The lowest BCUT2D eigenvalue weighted by Gasteiger charge is -2.53. The highest BCUT2D eigenvalue weighted by atomic mass is 32.1. The molecule has 0 unspecified atom stereocenters. The number of thiophene rings is 2. The van der Waals surface area contributed by atoms with Crippen LogP contribution in [-0.2, 0) is 10.8 Å². The summed E-state index contributed by atoms with van der Waals surface area (Å²) < 4.78 is 0. The standard InChI is InChI=1S/C62H46N2S2/c1-39-31-40(2)34-43(33-39)57-37-51-59(65-57)62(49-25-13-17-29-55(49)64(46-21-9-6-10-22-46)56-30-18-14-26-50(56)62)52-38-58(44-35-41(3)32-42(4)36-44)66-60(52)61(51)47-23-11-15-27-53(47)63(45-19-7-5-8-20-45)54-28-16-12-24-48(54)61/h5-38H,1-4H3. The van der Waals surface area contributed by atoms with E-state index in [0.717, 1.165) is 11.4 Å². The molecule has 0 saturated heterocycles. The Labute approximate surface area is 395 Å². The maximum absolute atomic E-state index is 2.61. The van der Waals surface area contributed by atoms with Crippen molar-refractivity contribution < 1.29 is 0 Å². The van der Waals surface area contributed by atoms with Gasteiger partial charge in [-0.05, 0) is 133 Å². The zero-order valence-electron chi connectivity index (χ0n) is 37.3. The van der Waals surface area contributed by atoms with Crippen LogP contribution < -0.4 is 9.80 Å². The molecule has 0 atom stereocenters. The first-order valence-corrected chi connectivity index (χ1v) is 24.5. The smallest absolute Gasteiger partial charge is 0.0850 e. The number of fused-ring (bicyclic) bond motifs is 14. The molecule has 2 aromatic heterocycles. The molecule has 2 spiro atoms. The first-order chi connectivity index (χ1) is 32.3. The molecule has 3 aliphatic rings. The van der Waals surface area contributed by atoms with Crippen LogP contribution in [0.5, 0.6) is 0 Å². The third kappa shape index (κ3) is 5.40. The van der Waals surface area contributed by atoms with Crippen LogP contribution in [0.2, 0.25) is 0 Å². The first-order valence-electron chi connectivity index (χ1n) is 22.9. The summed E-state index contributed by atoms with van der Waals surface area (Å²) in [4.78, 5) is 10.3. The molecular weight excluding hydrogens is 837 g/mol. The minimum absolute atomic E-state index is 0.662. The Morgan fingerprint density at radius 3 is 0.909 bits per heavy atom. The van der Waals surface area contributed by atoms with E-state index < -0.39 is 10.8 Å². The van der Waals surface area contributed by atoms with Crippen molar-refractivity contribution in [3.05, 3.63) is 272 Å². The van der Waals surface area contributed by atoms with Gasteiger partial charge in [-0.3, -0.25) is 0 Å². The average Bonchev–Trinajstić information content (AvgIpc) is 4.00. The van der Waals surface area contributed by atoms with Gasteiger partial charge in [-0.15, -0.1) is 22.7 Å². The highest BCUT2D eigenvalue weighted by Crippen LogP contribution is 2.71. The summed E-state index contributed by atoms with van der Waals surface area (Å²) in [6.07, 6.45) is 0. The monoisotopic (exact) mass is 882 g/mol. The van der Waals surface area contributed by atoms with E-state index in [4.69, 9.17) is 0 Å². The van der Waals surface area contributed by atoms with Crippen LogP contribution in [0.4, 0.5) is 34.1 Å². The number of nitrogens with zero attached hydrogens (tertiary/aromatic N) is 2. The van der Waals surface area contributed by atoms with Crippen molar-refractivity contribution in [2.45, 2.75) is 38.5 Å². The Bertz CT molecular complexity index is 3140. The molecule has 0 bridgehead atoms. The fraction of sp³-hybridized carbons (Fsp3) is 0.0968. The van der Waals surface area contributed by atoms with E-state index in [-0.39, 0.29) is 0 Å². The molecule has 2 nitrogen and oxygen atoms in total. The van der Waals surface area contributed by atoms with Gasteiger partial charge in [-0.1, -0.05) is 168 Å². The summed E-state index contributed by atoms with van der Waals surface area (Å²) >= 11 is 3.99. The van der Waals surface area contributed by atoms with Crippen LogP contribution in [0, 0.1) is 27.7 Å². The Hall–Kier alpha value is -7.24. The second kappa shape index (κ2) is 14.6. The number of anilines is 6. The Balaban J connectivity index is 1.24. The summed E-state index contributed by atoms with van der Waals surface area (Å²) in [7, 11) is 0. The normalized spacial score (nSPS) is 14.5. The number of benzene rings is 8. The zero-order chi connectivity index (χ0) is 44.3. The summed E-state index contributed by atoms with van der Waals surface area (Å²) in [5.74, 6) is 0. The van der Waals surface area contributed by atoms with Gasteiger partial charge in [-0.25, -0.2) is 0 Å². The Morgan fingerprint density at radius 1 is 0.303 bits per heavy atom. The molecule has 10 aromatic rings. The summed E-state index contributed by atoms with van der Waals surface area (Å²) in [5.41, 5.74) is 21.3. The SMILES string of the molecule is Cc1cc(C)cc(-c2cc3c(s2)C2(c4ccccc4N(c4ccccc4)c4ccccc42)c2cc(-c4cc(C)cc(C)c4)sc2C32c3ccccc3N(c3ccccc3)c3ccccc32)c1. The van der Waals surface area contributed by atoms with Gasteiger partial charge in [0.1, 0.15) is 0 Å². The topological polar surface area (TPSA) is 6.48 Å². The third-order valence-corrected chi connectivity index (χ3v) is 16.8. The molecule has 0 amide bonds. The largest absolute Gasteiger partial charge is 0.310 e. The van der Waals surface area contributed by atoms with Crippen molar-refractivity contribution in [3.8, 4) is 20.9 Å². The van der Waals surface area contributed by atoms with Gasteiger partial charge in [0, 0.05) is 30.9 Å². The molecule has 316 valence electrons. The molecule has 0 fully saturated rings. The lowest BCUT2D eigenvalue weighted by atomic mass is 9.53. The lowest BCUT2D eigenvalue weighted by molar-refractivity contribution is 0.634. The maximum Gasteiger partial charge on any atom is 0.0850 e. The molecule has 66 heavy (non-hydrogen) atoms.